The third-order valence-electron chi connectivity index (χ3n) is 6.96. The molecule has 2 aliphatic carbocycles. The normalized spacial score (nSPS) is 22.5. The molecule has 0 amide bonds. The molecule has 1 aliphatic heterocycles. The van der Waals surface area contributed by atoms with Crippen LogP contribution in [0.15, 0.2) is 45.5 Å². The molecule has 0 N–H and O–H groups in total. The Morgan fingerprint density at radius 1 is 1.15 bits per heavy atom. The molecule has 0 fully saturated rings. The van der Waals surface area contributed by atoms with Gasteiger partial charge in [-0.2, -0.15) is 0 Å². The predicted octanol–water partition coefficient (Wildman–Crippen LogP) is 6.73. The number of Topliss-reactive ketones (excluding diaryl/α,β-unsaturated/α-hetero) is 1. The summed E-state index contributed by atoms with van der Waals surface area (Å²) in [7, 11) is 0. The molecular weight excluding hydrogens is 408 g/mol. The summed E-state index contributed by atoms with van der Waals surface area (Å²) in [4.78, 5) is 18.4. The number of allylic oxidation sites excluding steroid dienone is 8. The van der Waals surface area contributed by atoms with E-state index in [4.69, 9.17) is 4.99 Å². The summed E-state index contributed by atoms with van der Waals surface area (Å²) in [6.45, 7) is 17.3. The Bertz CT molecular complexity index is 1140. The Balaban J connectivity index is 1.88. The number of carbonyl (C=O) groups excluding carboxylic acids is 1. The SMILES string of the molecule is CC1=C(C)C2=C(CC1)n1c(C)nnc1[C@@H](CC(=O)CC(C)(C)C)N=C2C1=CCC(C)(C)C=C1. The molecule has 33 heavy (non-hydrogen) atoms. The van der Waals surface area contributed by atoms with Gasteiger partial charge in [-0.05, 0) is 62.0 Å². The molecule has 1 aromatic rings. The van der Waals surface area contributed by atoms with Gasteiger partial charge in [0.2, 0.25) is 0 Å². The molecule has 3 aliphatic rings. The van der Waals surface area contributed by atoms with Gasteiger partial charge in [0.15, 0.2) is 5.82 Å². The molecule has 0 unspecified atom stereocenters. The van der Waals surface area contributed by atoms with E-state index in [-0.39, 0.29) is 22.7 Å². The fraction of sp³-hybridized carbons (Fsp3) is 0.571. The van der Waals surface area contributed by atoms with Crippen molar-refractivity contribution in [1.29, 1.82) is 0 Å². The molecule has 176 valence electrons. The summed E-state index contributed by atoms with van der Waals surface area (Å²) in [5.41, 5.74) is 7.36. The topological polar surface area (TPSA) is 60.1 Å². The van der Waals surface area contributed by atoms with E-state index in [1.165, 1.54) is 22.4 Å². The summed E-state index contributed by atoms with van der Waals surface area (Å²) >= 11 is 0. The minimum atomic E-state index is -0.334. The number of aryl methyl sites for hydroxylation is 1. The van der Waals surface area contributed by atoms with Gasteiger partial charge < -0.3 is 0 Å². The summed E-state index contributed by atoms with van der Waals surface area (Å²) in [6, 6.07) is -0.334. The van der Waals surface area contributed by atoms with Crippen molar-refractivity contribution in [1.82, 2.24) is 14.8 Å². The lowest BCUT2D eigenvalue weighted by atomic mass is 9.80. The fourth-order valence-corrected chi connectivity index (χ4v) is 5.03. The number of ketones is 1. The second-order valence-corrected chi connectivity index (χ2v) is 11.8. The zero-order chi connectivity index (χ0) is 24.1. The molecule has 0 radical (unpaired) electrons. The largest absolute Gasteiger partial charge is 0.300 e. The average molecular weight is 447 g/mol. The summed E-state index contributed by atoms with van der Waals surface area (Å²) in [6.07, 6.45) is 10.6. The lowest BCUT2D eigenvalue weighted by molar-refractivity contribution is -0.121. The minimum Gasteiger partial charge on any atom is -0.300 e. The van der Waals surface area contributed by atoms with Crippen LogP contribution in [-0.4, -0.2) is 26.3 Å². The molecule has 4 rings (SSSR count). The van der Waals surface area contributed by atoms with Crippen LogP contribution in [0.1, 0.15) is 98.3 Å². The Hall–Kier alpha value is -2.56. The maximum atomic E-state index is 13.1. The number of hydrogen-bond donors (Lipinski definition) is 0. The van der Waals surface area contributed by atoms with E-state index in [1.54, 1.807) is 0 Å². The minimum absolute atomic E-state index is 0.0495. The number of carbonyl (C=O) groups is 1. The van der Waals surface area contributed by atoms with Gasteiger partial charge in [-0.1, -0.05) is 58.4 Å². The van der Waals surface area contributed by atoms with E-state index >= 15 is 0 Å². The monoisotopic (exact) mass is 446 g/mol. The standard InChI is InChI=1S/C28H38N4O/c1-17-9-10-23-24(18(17)2)25(20-11-13-28(7,8)14-12-20)29-22(15-21(33)16-27(4,5)6)26-31-30-19(3)32(23)26/h11-13,22H,9-10,14-16H2,1-8H3/t22-/m1/s1. The molecular formula is C28H38N4O. The van der Waals surface area contributed by atoms with Gasteiger partial charge in [0, 0.05) is 24.1 Å². The highest BCUT2D eigenvalue weighted by molar-refractivity contribution is 6.20. The highest BCUT2D eigenvalue weighted by Crippen LogP contribution is 2.42. The second-order valence-electron chi connectivity index (χ2n) is 11.8. The molecule has 5 heteroatoms. The average Bonchev–Trinajstić information content (AvgIpc) is 3.01. The fourth-order valence-electron chi connectivity index (χ4n) is 5.03. The summed E-state index contributed by atoms with van der Waals surface area (Å²) in [5, 5.41) is 8.97. The number of fused-ring (bicyclic) bond motifs is 2. The van der Waals surface area contributed by atoms with Crippen molar-refractivity contribution in [2.75, 3.05) is 0 Å². The van der Waals surface area contributed by atoms with Gasteiger partial charge in [-0.25, -0.2) is 0 Å². The van der Waals surface area contributed by atoms with E-state index < -0.39 is 0 Å². The van der Waals surface area contributed by atoms with Crippen LogP contribution in [-0.2, 0) is 4.79 Å². The Morgan fingerprint density at radius 2 is 1.88 bits per heavy atom. The van der Waals surface area contributed by atoms with E-state index in [2.05, 4.69) is 81.5 Å². The maximum absolute atomic E-state index is 13.1. The van der Waals surface area contributed by atoms with Crippen molar-refractivity contribution in [2.24, 2.45) is 15.8 Å². The quantitative estimate of drug-likeness (QED) is 0.515. The first-order chi connectivity index (χ1) is 15.4. The molecule has 0 saturated heterocycles. The predicted molar refractivity (Wildman–Crippen MR) is 135 cm³/mol. The van der Waals surface area contributed by atoms with Gasteiger partial charge >= 0.3 is 0 Å². The zero-order valence-electron chi connectivity index (χ0n) is 21.5. The molecule has 5 nitrogen and oxygen atoms in total. The number of nitrogens with zero attached hydrogens (tertiary/aromatic N) is 4. The number of rotatable bonds is 4. The smallest absolute Gasteiger partial charge is 0.162 e. The van der Waals surface area contributed by atoms with Gasteiger partial charge in [0.1, 0.15) is 17.6 Å². The van der Waals surface area contributed by atoms with Gasteiger partial charge in [-0.3, -0.25) is 14.4 Å². The zero-order valence-corrected chi connectivity index (χ0v) is 21.5. The molecule has 2 heterocycles. The van der Waals surface area contributed by atoms with E-state index in [9.17, 15) is 4.79 Å². The lowest BCUT2D eigenvalue weighted by Gasteiger charge is -2.27. The van der Waals surface area contributed by atoms with Crippen molar-refractivity contribution in [3.05, 3.63) is 52.2 Å². The molecule has 0 aromatic carbocycles. The third kappa shape index (κ3) is 4.73. The van der Waals surface area contributed by atoms with E-state index in [0.717, 1.165) is 42.2 Å². The molecule has 0 bridgehead atoms. The number of aliphatic imine (C=N–C) groups is 1. The third-order valence-corrected chi connectivity index (χ3v) is 6.96. The molecule has 1 aromatic heterocycles. The highest BCUT2D eigenvalue weighted by atomic mass is 16.1. The number of hydrogen-bond acceptors (Lipinski definition) is 4. The van der Waals surface area contributed by atoms with E-state index in [1.807, 2.05) is 6.92 Å². The van der Waals surface area contributed by atoms with Gasteiger partial charge in [-0.15, -0.1) is 10.2 Å². The van der Waals surface area contributed by atoms with Crippen LogP contribution in [0, 0.1) is 17.8 Å². The highest BCUT2D eigenvalue weighted by Gasteiger charge is 2.34. The Labute approximate surface area is 198 Å². The molecule has 1 atom stereocenters. The molecule has 0 saturated carbocycles. The van der Waals surface area contributed by atoms with Crippen LogP contribution in [0.4, 0.5) is 0 Å². The van der Waals surface area contributed by atoms with Crippen LogP contribution in [0.2, 0.25) is 0 Å². The summed E-state index contributed by atoms with van der Waals surface area (Å²) in [5.74, 6) is 1.88. The Kier molecular flexibility index (Phi) is 5.96. The van der Waals surface area contributed by atoms with Crippen LogP contribution in [0.5, 0.6) is 0 Å². The summed E-state index contributed by atoms with van der Waals surface area (Å²) < 4.78 is 2.19. The Morgan fingerprint density at radius 3 is 2.52 bits per heavy atom. The van der Waals surface area contributed by atoms with E-state index in [0.29, 0.717) is 12.8 Å². The second kappa shape index (κ2) is 8.34. The maximum Gasteiger partial charge on any atom is 0.162 e. The van der Waals surface area contributed by atoms with Crippen molar-refractivity contribution in [3.8, 4) is 0 Å². The van der Waals surface area contributed by atoms with Gasteiger partial charge in [0.25, 0.3) is 0 Å². The van der Waals surface area contributed by atoms with Crippen molar-refractivity contribution in [3.63, 3.8) is 0 Å². The molecule has 0 spiro atoms. The van der Waals surface area contributed by atoms with Crippen molar-refractivity contribution < 1.29 is 4.79 Å². The van der Waals surface area contributed by atoms with Gasteiger partial charge in [0.05, 0.1) is 5.71 Å². The lowest BCUT2D eigenvalue weighted by Crippen LogP contribution is -2.18. The first-order valence-electron chi connectivity index (χ1n) is 12.2. The van der Waals surface area contributed by atoms with Crippen LogP contribution < -0.4 is 0 Å². The van der Waals surface area contributed by atoms with Crippen LogP contribution >= 0.6 is 0 Å². The van der Waals surface area contributed by atoms with Crippen molar-refractivity contribution in [2.45, 2.75) is 93.5 Å². The number of aromatic nitrogens is 3. The van der Waals surface area contributed by atoms with Crippen molar-refractivity contribution >= 4 is 17.2 Å². The van der Waals surface area contributed by atoms with Crippen LogP contribution in [0.3, 0.4) is 0 Å². The van der Waals surface area contributed by atoms with Crippen LogP contribution in [0.25, 0.3) is 5.70 Å². The first kappa shape index (κ1) is 23.6. The first-order valence-corrected chi connectivity index (χ1v) is 12.2.